The largest absolute Gasteiger partial charge is 0.462 e. The Labute approximate surface area is 168 Å². The molecule has 0 aliphatic carbocycles. The Morgan fingerprint density at radius 3 is 2.34 bits per heavy atom. The quantitative estimate of drug-likeness (QED) is 0.565. The average molecular weight is 425 g/mol. The minimum Gasteiger partial charge on any atom is -0.462 e. The molecule has 3 aromatic rings. The van der Waals surface area contributed by atoms with E-state index in [0.29, 0.717) is 10.6 Å². The summed E-state index contributed by atoms with van der Waals surface area (Å²) in [6.07, 6.45) is -3.19. The van der Waals surface area contributed by atoms with Crippen molar-refractivity contribution in [2.75, 3.05) is 6.61 Å². The molecule has 9 heteroatoms. The van der Waals surface area contributed by atoms with Crippen LogP contribution in [0.25, 0.3) is 5.69 Å². The molecule has 0 N–H and O–H groups in total. The molecule has 0 saturated carbocycles. The first-order chi connectivity index (χ1) is 13.7. The van der Waals surface area contributed by atoms with Crippen LogP contribution in [0.5, 0.6) is 0 Å². The van der Waals surface area contributed by atoms with Gasteiger partial charge in [-0.15, -0.1) is 0 Å². The zero-order valence-electron chi connectivity index (χ0n) is 15.2. The van der Waals surface area contributed by atoms with Gasteiger partial charge in [-0.3, -0.25) is 9.48 Å². The predicted octanol–water partition coefficient (Wildman–Crippen LogP) is 4.54. The lowest BCUT2D eigenvalue weighted by Crippen LogP contribution is -2.25. The summed E-state index contributed by atoms with van der Waals surface area (Å²) in [5, 5.41) is 0.449. The number of alkyl halides is 3. The van der Waals surface area contributed by atoms with E-state index in [2.05, 4.69) is 0 Å². The van der Waals surface area contributed by atoms with Crippen LogP contribution in [-0.4, -0.2) is 21.9 Å². The van der Waals surface area contributed by atoms with E-state index in [-0.39, 0.29) is 24.4 Å². The van der Waals surface area contributed by atoms with Crippen molar-refractivity contribution in [3.05, 3.63) is 86.8 Å². The summed E-state index contributed by atoms with van der Waals surface area (Å²) in [7, 11) is 0. The molecule has 0 unspecified atom stereocenters. The third-order valence-electron chi connectivity index (χ3n) is 4.18. The van der Waals surface area contributed by atoms with Gasteiger partial charge in [-0.2, -0.15) is 13.2 Å². The zero-order valence-corrected chi connectivity index (χ0v) is 16.0. The summed E-state index contributed by atoms with van der Waals surface area (Å²) in [5.74, 6) is -0.809. The van der Waals surface area contributed by atoms with Gasteiger partial charge in [0.1, 0.15) is 5.56 Å². The van der Waals surface area contributed by atoms with Crippen molar-refractivity contribution in [1.29, 1.82) is 0 Å². The number of carbonyl (C=O) groups excluding carboxylic acids is 1. The number of rotatable bonds is 5. The van der Waals surface area contributed by atoms with E-state index in [1.807, 2.05) is 0 Å². The molecule has 5 nitrogen and oxygen atoms in total. The highest BCUT2D eigenvalue weighted by molar-refractivity contribution is 6.31. The van der Waals surface area contributed by atoms with Gasteiger partial charge in [0.2, 0.25) is 0 Å². The van der Waals surface area contributed by atoms with Crippen molar-refractivity contribution in [3.8, 4) is 5.69 Å². The second kappa shape index (κ2) is 8.16. The van der Waals surface area contributed by atoms with Crippen LogP contribution in [0, 0.1) is 0 Å². The number of ether oxygens (including phenoxy) is 1. The van der Waals surface area contributed by atoms with Crippen molar-refractivity contribution in [1.82, 2.24) is 9.36 Å². The minimum absolute atomic E-state index is 0.0776. The molecule has 0 aliphatic heterocycles. The molecule has 29 heavy (non-hydrogen) atoms. The number of nitrogens with zero attached hydrogens (tertiary/aromatic N) is 2. The molecule has 1 heterocycles. The van der Waals surface area contributed by atoms with Crippen LogP contribution < -0.4 is 5.56 Å². The molecule has 2 aromatic carbocycles. The molecule has 0 fully saturated rings. The number of esters is 1. The van der Waals surface area contributed by atoms with Crippen molar-refractivity contribution >= 4 is 17.6 Å². The molecule has 0 amide bonds. The second-order valence-corrected chi connectivity index (χ2v) is 6.52. The van der Waals surface area contributed by atoms with Gasteiger partial charge in [0, 0.05) is 11.2 Å². The molecule has 0 radical (unpaired) electrons. The van der Waals surface area contributed by atoms with Gasteiger partial charge in [-0.1, -0.05) is 29.8 Å². The first kappa shape index (κ1) is 20.7. The van der Waals surface area contributed by atoms with Crippen molar-refractivity contribution in [2.45, 2.75) is 19.6 Å². The molecule has 0 aliphatic rings. The van der Waals surface area contributed by atoms with Crippen LogP contribution in [0.2, 0.25) is 5.02 Å². The van der Waals surface area contributed by atoms with Crippen LogP contribution >= 0.6 is 11.6 Å². The molecular formula is C20H16ClF3N2O3. The summed E-state index contributed by atoms with van der Waals surface area (Å²) in [5.41, 5.74) is -0.927. The summed E-state index contributed by atoms with van der Waals surface area (Å²) >= 11 is 6.18. The maximum absolute atomic E-state index is 12.9. The van der Waals surface area contributed by atoms with E-state index < -0.39 is 23.3 Å². The molecular weight excluding hydrogens is 409 g/mol. The van der Waals surface area contributed by atoms with E-state index in [9.17, 15) is 22.8 Å². The first-order valence-corrected chi connectivity index (χ1v) is 9.00. The highest BCUT2D eigenvalue weighted by Crippen LogP contribution is 2.29. The minimum atomic E-state index is -4.50. The van der Waals surface area contributed by atoms with Crippen LogP contribution in [0.4, 0.5) is 13.2 Å². The molecule has 0 bridgehead atoms. The van der Waals surface area contributed by atoms with Gasteiger partial charge in [-0.25, -0.2) is 9.48 Å². The fraction of sp³-hybridized carbons (Fsp3) is 0.200. The second-order valence-electron chi connectivity index (χ2n) is 6.11. The van der Waals surface area contributed by atoms with E-state index in [1.54, 1.807) is 31.2 Å². The molecule has 0 atom stereocenters. The van der Waals surface area contributed by atoms with E-state index in [0.717, 1.165) is 16.8 Å². The summed E-state index contributed by atoms with van der Waals surface area (Å²) < 4.78 is 46.0. The van der Waals surface area contributed by atoms with Gasteiger partial charge in [-0.05, 0) is 42.8 Å². The van der Waals surface area contributed by atoms with Crippen molar-refractivity contribution < 1.29 is 22.7 Å². The fourth-order valence-electron chi connectivity index (χ4n) is 2.82. The van der Waals surface area contributed by atoms with Crippen molar-refractivity contribution in [3.63, 3.8) is 0 Å². The summed E-state index contributed by atoms with van der Waals surface area (Å²) in [6.45, 7) is 1.80. The molecule has 1 aromatic heterocycles. The van der Waals surface area contributed by atoms with Gasteiger partial charge >= 0.3 is 12.1 Å². The van der Waals surface area contributed by atoms with Gasteiger partial charge in [0.05, 0.1) is 24.4 Å². The number of carbonyl (C=O) groups is 1. The smallest absolute Gasteiger partial charge is 0.416 e. The SMILES string of the molecule is CCOC(=O)c1cn(Cc2ccccc2Cl)n(-c2ccc(C(F)(F)F)cc2)c1=O. The van der Waals surface area contributed by atoms with E-state index >= 15 is 0 Å². The number of halogens is 4. The topological polar surface area (TPSA) is 53.2 Å². The Balaban J connectivity index is 2.12. The summed E-state index contributed by atoms with van der Waals surface area (Å²) in [4.78, 5) is 25.0. The highest BCUT2D eigenvalue weighted by atomic mass is 35.5. The Bertz CT molecular complexity index is 1090. The maximum Gasteiger partial charge on any atom is 0.416 e. The van der Waals surface area contributed by atoms with Gasteiger partial charge < -0.3 is 4.74 Å². The monoisotopic (exact) mass is 424 g/mol. The third-order valence-corrected chi connectivity index (χ3v) is 4.55. The standard InChI is InChI=1S/C20H16ClF3N2O3/c1-2-29-19(28)16-12-25(11-13-5-3-4-6-17(13)21)26(18(16)27)15-9-7-14(8-10-15)20(22,23)24/h3-10,12H,2,11H2,1H3. The van der Waals surface area contributed by atoms with Gasteiger partial charge in [0.25, 0.3) is 5.56 Å². The molecule has 0 saturated heterocycles. The van der Waals surface area contributed by atoms with Gasteiger partial charge in [0.15, 0.2) is 0 Å². The Morgan fingerprint density at radius 1 is 1.10 bits per heavy atom. The van der Waals surface area contributed by atoms with Crippen LogP contribution in [-0.2, 0) is 17.5 Å². The Kier molecular flexibility index (Phi) is 5.83. The lowest BCUT2D eigenvalue weighted by molar-refractivity contribution is -0.137. The zero-order chi connectivity index (χ0) is 21.2. The normalized spacial score (nSPS) is 11.5. The van der Waals surface area contributed by atoms with E-state index in [4.69, 9.17) is 16.3 Å². The first-order valence-electron chi connectivity index (χ1n) is 8.63. The predicted molar refractivity (Wildman–Crippen MR) is 102 cm³/mol. The number of hydrogen-bond acceptors (Lipinski definition) is 3. The van der Waals surface area contributed by atoms with Crippen LogP contribution in [0.3, 0.4) is 0 Å². The lowest BCUT2D eigenvalue weighted by atomic mass is 10.2. The fourth-order valence-corrected chi connectivity index (χ4v) is 3.01. The lowest BCUT2D eigenvalue weighted by Gasteiger charge is -2.13. The maximum atomic E-state index is 12.9. The third kappa shape index (κ3) is 4.37. The van der Waals surface area contributed by atoms with Crippen LogP contribution in [0.1, 0.15) is 28.4 Å². The number of benzene rings is 2. The van der Waals surface area contributed by atoms with Crippen LogP contribution in [0.15, 0.2) is 59.5 Å². The summed E-state index contributed by atoms with van der Waals surface area (Å²) in [6, 6.07) is 11.0. The Morgan fingerprint density at radius 2 is 1.76 bits per heavy atom. The molecule has 0 spiro atoms. The molecule has 3 rings (SSSR count). The molecule has 152 valence electrons. The Hall–Kier alpha value is -3.00. The number of hydrogen-bond donors (Lipinski definition) is 0. The number of aromatic nitrogens is 2. The van der Waals surface area contributed by atoms with Crippen molar-refractivity contribution in [2.24, 2.45) is 0 Å². The highest BCUT2D eigenvalue weighted by Gasteiger charge is 2.30. The van der Waals surface area contributed by atoms with E-state index in [1.165, 1.54) is 23.0 Å². The average Bonchev–Trinajstić information content (AvgIpc) is 2.99.